The fraction of sp³-hybridized carbons (Fsp3) is 0.556. The molecule has 0 fully saturated rings. The van der Waals surface area contributed by atoms with Crippen LogP contribution in [0.25, 0.3) is 0 Å². The zero-order chi connectivity index (χ0) is 9.84. The first kappa shape index (κ1) is 9.77. The highest BCUT2D eigenvalue weighted by atomic mass is 16.4. The van der Waals surface area contributed by atoms with Crippen LogP contribution in [0.15, 0.2) is 11.6 Å². The minimum atomic E-state index is -0.859. The van der Waals surface area contributed by atoms with Crippen LogP contribution in [-0.4, -0.2) is 35.5 Å². The minimum absolute atomic E-state index is 0.0331. The number of nitrogens with zero attached hydrogens (tertiary/aromatic N) is 1. The number of rotatable bonds is 3. The Hall–Kier alpha value is -1.32. The van der Waals surface area contributed by atoms with E-state index in [2.05, 4.69) is 0 Å². The standard InChI is InChI=1S/C9H13NO3/c1-10-6-2-3-7(9(10)13)4-5-8(11)12/h3H,2,4-6H2,1H3,(H,11,12). The van der Waals surface area contributed by atoms with Crippen LogP contribution in [0, 0.1) is 0 Å². The van der Waals surface area contributed by atoms with Gasteiger partial charge in [-0.1, -0.05) is 6.08 Å². The molecule has 0 saturated carbocycles. The molecule has 0 spiro atoms. The van der Waals surface area contributed by atoms with Crippen LogP contribution in [0.3, 0.4) is 0 Å². The van der Waals surface area contributed by atoms with E-state index in [9.17, 15) is 9.59 Å². The van der Waals surface area contributed by atoms with Crippen molar-refractivity contribution in [2.45, 2.75) is 19.3 Å². The summed E-state index contributed by atoms with van der Waals surface area (Å²) in [6.45, 7) is 0.732. The number of carbonyl (C=O) groups excluding carboxylic acids is 1. The molecule has 0 atom stereocenters. The maximum atomic E-state index is 11.4. The summed E-state index contributed by atoms with van der Waals surface area (Å²) in [4.78, 5) is 23.3. The molecule has 4 heteroatoms. The van der Waals surface area contributed by atoms with E-state index in [1.165, 1.54) is 0 Å². The van der Waals surface area contributed by atoms with Crippen LogP contribution in [0.2, 0.25) is 0 Å². The lowest BCUT2D eigenvalue weighted by Crippen LogP contribution is -2.32. The number of hydrogen-bond acceptors (Lipinski definition) is 2. The number of carbonyl (C=O) groups is 2. The summed E-state index contributed by atoms with van der Waals surface area (Å²) in [5.74, 6) is -0.894. The molecule has 0 bridgehead atoms. The van der Waals surface area contributed by atoms with Crippen molar-refractivity contribution in [3.05, 3.63) is 11.6 Å². The number of hydrogen-bond donors (Lipinski definition) is 1. The first-order valence-corrected chi connectivity index (χ1v) is 4.27. The molecule has 13 heavy (non-hydrogen) atoms. The summed E-state index contributed by atoms with van der Waals surface area (Å²) in [5, 5.41) is 8.44. The molecule has 0 aromatic carbocycles. The van der Waals surface area contributed by atoms with Crippen molar-refractivity contribution in [1.82, 2.24) is 4.90 Å². The second kappa shape index (κ2) is 4.07. The van der Waals surface area contributed by atoms with Gasteiger partial charge in [-0.25, -0.2) is 0 Å². The predicted molar refractivity (Wildman–Crippen MR) is 47.2 cm³/mol. The van der Waals surface area contributed by atoms with Gasteiger partial charge < -0.3 is 10.0 Å². The molecule has 1 aliphatic heterocycles. The number of amides is 1. The minimum Gasteiger partial charge on any atom is -0.481 e. The molecule has 0 aromatic heterocycles. The fourth-order valence-corrected chi connectivity index (χ4v) is 1.32. The third-order valence-electron chi connectivity index (χ3n) is 2.08. The zero-order valence-corrected chi connectivity index (χ0v) is 7.62. The van der Waals surface area contributed by atoms with Gasteiger partial charge in [0.05, 0.1) is 0 Å². The average Bonchev–Trinajstić information content (AvgIpc) is 2.07. The van der Waals surface area contributed by atoms with Gasteiger partial charge in [0.15, 0.2) is 0 Å². The van der Waals surface area contributed by atoms with E-state index in [-0.39, 0.29) is 12.3 Å². The Morgan fingerprint density at radius 3 is 3.00 bits per heavy atom. The summed E-state index contributed by atoms with van der Waals surface area (Å²) in [5.41, 5.74) is 0.635. The SMILES string of the molecule is CN1CCC=C(CCC(=O)O)C1=O. The van der Waals surface area contributed by atoms with Crippen LogP contribution < -0.4 is 0 Å². The maximum absolute atomic E-state index is 11.4. The Morgan fingerprint density at radius 1 is 1.69 bits per heavy atom. The van der Waals surface area contributed by atoms with Gasteiger partial charge in [-0.2, -0.15) is 0 Å². The van der Waals surface area contributed by atoms with Gasteiger partial charge in [-0.3, -0.25) is 9.59 Å². The molecule has 0 saturated heterocycles. The zero-order valence-electron chi connectivity index (χ0n) is 7.62. The lowest BCUT2D eigenvalue weighted by atomic mass is 10.0. The molecular weight excluding hydrogens is 170 g/mol. The number of likely N-dealkylation sites (N-methyl/N-ethyl adjacent to an activating group) is 1. The topological polar surface area (TPSA) is 57.6 Å². The van der Waals surface area contributed by atoms with Gasteiger partial charge in [-0.15, -0.1) is 0 Å². The molecule has 1 rings (SSSR count). The van der Waals surface area contributed by atoms with E-state index in [4.69, 9.17) is 5.11 Å². The third kappa shape index (κ3) is 2.57. The molecule has 1 heterocycles. The Balaban J connectivity index is 2.53. The third-order valence-corrected chi connectivity index (χ3v) is 2.08. The summed E-state index contributed by atoms with van der Waals surface area (Å²) >= 11 is 0. The lowest BCUT2D eigenvalue weighted by Gasteiger charge is -2.22. The molecular formula is C9H13NO3. The fourth-order valence-electron chi connectivity index (χ4n) is 1.32. The molecule has 0 radical (unpaired) electrons. The van der Waals surface area contributed by atoms with Crippen molar-refractivity contribution >= 4 is 11.9 Å². The van der Waals surface area contributed by atoms with Gasteiger partial charge in [0.2, 0.25) is 5.91 Å². The van der Waals surface area contributed by atoms with E-state index in [0.29, 0.717) is 12.0 Å². The Labute approximate surface area is 76.8 Å². The van der Waals surface area contributed by atoms with Crippen LogP contribution in [0.4, 0.5) is 0 Å². The molecule has 1 aliphatic rings. The smallest absolute Gasteiger partial charge is 0.303 e. The van der Waals surface area contributed by atoms with Gasteiger partial charge in [-0.05, 0) is 12.8 Å². The Bertz CT molecular complexity index is 258. The predicted octanol–water partition coefficient (Wildman–Crippen LogP) is 0.640. The molecule has 72 valence electrons. The first-order valence-electron chi connectivity index (χ1n) is 4.27. The maximum Gasteiger partial charge on any atom is 0.303 e. The molecule has 0 aliphatic carbocycles. The van der Waals surface area contributed by atoms with Crippen LogP contribution in [0.1, 0.15) is 19.3 Å². The summed E-state index contributed by atoms with van der Waals surface area (Å²) in [6, 6.07) is 0. The highest BCUT2D eigenvalue weighted by Gasteiger charge is 2.18. The van der Waals surface area contributed by atoms with Gasteiger partial charge in [0.25, 0.3) is 0 Å². The van der Waals surface area contributed by atoms with Gasteiger partial charge >= 0.3 is 5.97 Å². The van der Waals surface area contributed by atoms with E-state index in [1.807, 2.05) is 6.08 Å². The highest BCUT2D eigenvalue weighted by molar-refractivity contribution is 5.94. The quantitative estimate of drug-likeness (QED) is 0.698. The van der Waals surface area contributed by atoms with Crippen molar-refractivity contribution < 1.29 is 14.7 Å². The van der Waals surface area contributed by atoms with Crippen LogP contribution in [-0.2, 0) is 9.59 Å². The summed E-state index contributed by atoms with van der Waals surface area (Å²) in [6.07, 6.45) is 3.05. The Morgan fingerprint density at radius 2 is 2.38 bits per heavy atom. The lowest BCUT2D eigenvalue weighted by molar-refractivity contribution is -0.137. The molecule has 0 aromatic rings. The number of carboxylic acids is 1. The summed E-state index contributed by atoms with van der Waals surface area (Å²) in [7, 11) is 1.73. The van der Waals surface area contributed by atoms with Crippen LogP contribution >= 0.6 is 0 Å². The van der Waals surface area contributed by atoms with Crippen molar-refractivity contribution in [3.8, 4) is 0 Å². The second-order valence-electron chi connectivity index (χ2n) is 3.14. The number of carboxylic acid groups (broad SMARTS) is 1. The largest absolute Gasteiger partial charge is 0.481 e. The van der Waals surface area contributed by atoms with E-state index in [1.54, 1.807) is 11.9 Å². The second-order valence-corrected chi connectivity index (χ2v) is 3.14. The van der Waals surface area contributed by atoms with Crippen molar-refractivity contribution in [3.63, 3.8) is 0 Å². The molecule has 4 nitrogen and oxygen atoms in total. The monoisotopic (exact) mass is 183 g/mol. The molecule has 0 unspecified atom stereocenters. The van der Waals surface area contributed by atoms with E-state index in [0.717, 1.165) is 13.0 Å². The van der Waals surface area contributed by atoms with E-state index >= 15 is 0 Å². The van der Waals surface area contributed by atoms with Gasteiger partial charge in [0.1, 0.15) is 0 Å². The molecule has 1 N–H and O–H groups in total. The highest BCUT2D eigenvalue weighted by Crippen LogP contribution is 2.14. The normalized spacial score (nSPS) is 17.2. The van der Waals surface area contributed by atoms with Crippen LogP contribution in [0.5, 0.6) is 0 Å². The Kier molecular flexibility index (Phi) is 3.06. The van der Waals surface area contributed by atoms with E-state index < -0.39 is 5.97 Å². The van der Waals surface area contributed by atoms with Crippen molar-refractivity contribution in [1.29, 1.82) is 0 Å². The average molecular weight is 183 g/mol. The van der Waals surface area contributed by atoms with Crippen molar-refractivity contribution in [2.75, 3.05) is 13.6 Å². The number of aliphatic carboxylic acids is 1. The molecule has 1 amide bonds. The van der Waals surface area contributed by atoms with Gasteiger partial charge in [0, 0.05) is 25.6 Å². The summed E-state index contributed by atoms with van der Waals surface area (Å²) < 4.78 is 0. The van der Waals surface area contributed by atoms with Crippen molar-refractivity contribution in [2.24, 2.45) is 0 Å². The first-order chi connectivity index (χ1) is 6.11.